The van der Waals surface area contributed by atoms with Gasteiger partial charge >= 0.3 is 0 Å². The topological polar surface area (TPSA) is 110 Å². The standard InChI is InChI=1S/C12H16N4O3S/c1-8-11(16-7-15-8)6-14-10-5-9(20(13,17)18)3-4-12(10)19-2/h3-5,7,14H,6H2,1-2H3,(H,15,16)(H2,13,17,18). The number of aromatic nitrogens is 2. The van der Waals surface area contributed by atoms with E-state index >= 15 is 0 Å². The molecule has 1 heterocycles. The molecule has 0 bridgehead atoms. The predicted octanol–water partition coefficient (Wildman–Crippen LogP) is 0.986. The Labute approximate surface area is 117 Å². The summed E-state index contributed by atoms with van der Waals surface area (Å²) >= 11 is 0. The van der Waals surface area contributed by atoms with Gasteiger partial charge in [0, 0.05) is 5.69 Å². The first-order chi connectivity index (χ1) is 9.41. The number of anilines is 1. The zero-order valence-electron chi connectivity index (χ0n) is 11.2. The number of ether oxygens (including phenoxy) is 1. The summed E-state index contributed by atoms with van der Waals surface area (Å²) in [6, 6.07) is 4.40. The van der Waals surface area contributed by atoms with Gasteiger partial charge in [-0.1, -0.05) is 0 Å². The maximum absolute atomic E-state index is 11.4. The minimum Gasteiger partial charge on any atom is -0.495 e. The fourth-order valence-electron chi connectivity index (χ4n) is 1.75. The Kier molecular flexibility index (Phi) is 3.96. The molecule has 0 aliphatic rings. The van der Waals surface area contributed by atoms with Gasteiger partial charge in [-0.05, 0) is 25.1 Å². The molecular formula is C12H16N4O3S. The highest BCUT2D eigenvalue weighted by Gasteiger charge is 2.12. The number of hydrogen-bond acceptors (Lipinski definition) is 5. The lowest BCUT2D eigenvalue weighted by Crippen LogP contribution is -2.13. The summed E-state index contributed by atoms with van der Waals surface area (Å²) in [6.07, 6.45) is 1.60. The van der Waals surface area contributed by atoms with Crippen molar-refractivity contribution in [1.29, 1.82) is 0 Å². The van der Waals surface area contributed by atoms with E-state index in [0.717, 1.165) is 11.4 Å². The third-order valence-corrected chi connectivity index (χ3v) is 3.79. The van der Waals surface area contributed by atoms with Gasteiger partial charge in [-0.15, -0.1) is 0 Å². The molecule has 108 valence electrons. The fourth-order valence-corrected chi connectivity index (χ4v) is 2.29. The number of H-pyrrole nitrogens is 1. The maximum Gasteiger partial charge on any atom is 0.238 e. The molecule has 0 fully saturated rings. The Morgan fingerprint density at radius 1 is 1.45 bits per heavy atom. The first kappa shape index (κ1) is 14.4. The van der Waals surface area contributed by atoms with Crippen LogP contribution in [0.5, 0.6) is 5.75 Å². The Balaban J connectivity index is 2.27. The molecule has 1 aromatic heterocycles. The number of sulfonamides is 1. The number of aryl methyl sites for hydroxylation is 1. The fraction of sp³-hybridized carbons (Fsp3) is 0.250. The highest BCUT2D eigenvalue weighted by molar-refractivity contribution is 7.89. The summed E-state index contributed by atoms with van der Waals surface area (Å²) in [7, 11) is -2.24. The molecule has 0 amide bonds. The van der Waals surface area contributed by atoms with Crippen molar-refractivity contribution in [1.82, 2.24) is 9.97 Å². The zero-order valence-corrected chi connectivity index (χ0v) is 12.0. The molecule has 0 saturated carbocycles. The molecule has 20 heavy (non-hydrogen) atoms. The van der Waals surface area contributed by atoms with E-state index in [-0.39, 0.29) is 4.90 Å². The third kappa shape index (κ3) is 3.09. The van der Waals surface area contributed by atoms with Crippen molar-refractivity contribution in [3.05, 3.63) is 35.9 Å². The predicted molar refractivity (Wildman–Crippen MR) is 75.0 cm³/mol. The van der Waals surface area contributed by atoms with Crippen LogP contribution in [0.4, 0.5) is 5.69 Å². The van der Waals surface area contributed by atoms with Crippen LogP contribution in [0.25, 0.3) is 0 Å². The van der Waals surface area contributed by atoms with Gasteiger partial charge in [0.15, 0.2) is 0 Å². The minimum atomic E-state index is -3.75. The molecule has 0 spiro atoms. The van der Waals surface area contributed by atoms with Gasteiger partial charge in [0.25, 0.3) is 0 Å². The summed E-state index contributed by atoms with van der Waals surface area (Å²) in [5, 5.41) is 8.21. The molecule has 1 aromatic carbocycles. The van der Waals surface area contributed by atoms with Crippen molar-refractivity contribution >= 4 is 15.7 Å². The van der Waals surface area contributed by atoms with Gasteiger partial charge in [-0.2, -0.15) is 0 Å². The number of aromatic amines is 1. The number of hydrogen-bond donors (Lipinski definition) is 3. The normalized spacial score (nSPS) is 11.3. The van der Waals surface area contributed by atoms with Crippen LogP contribution in [0.1, 0.15) is 11.4 Å². The van der Waals surface area contributed by atoms with Crippen LogP contribution in [0, 0.1) is 6.92 Å². The van der Waals surface area contributed by atoms with E-state index < -0.39 is 10.0 Å². The summed E-state index contributed by atoms with van der Waals surface area (Å²) in [6.45, 7) is 2.35. The van der Waals surface area contributed by atoms with E-state index in [4.69, 9.17) is 9.88 Å². The van der Waals surface area contributed by atoms with Crippen LogP contribution in [-0.4, -0.2) is 25.5 Å². The number of methoxy groups -OCH3 is 1. The van der Waals surface area contributed by atoms with Crippen molar-refractivity contribution in [2.24, 2.45) is 5.14 Å². The number of primary sulfonamides is 1. The van der Waals surface area contributed by atoms with Crippen LogP contribution in [0.3, 0.4) is 0 Å². The summed E-state index contributed by atoms with van der Waals surface area (Å²) < 4.78 is 27.9. The molecular weight excluding hydrogens is 280 g/mol. The highest BCUT2D eigenvalue weighted by Crippen LogP contribution is 2.27. The number of nitrogens with two attached hydrogens (primary N) is 1. The molecule has 0 aliphatic heterocycles. The Morgan fingerprint density at radius 3 is 2.75 bits per heavy atom. The molecule has 0 atom stereocenters. The van der Waals surface area contributed by atoms with E-state index in [1.807, 2.05) is 6.92 Å². The smallest absolute Gasteiger partial charge is 0.238 e. The number of nitrogens with one attached hydrogen (secondary N) is 2. The molecule has 0 unspecified atom stereocenters. The second-order valence-corrected chi connectivity index (χ2v) is 5.80. The Hall–Kier alpha value is -2.06. The maximum atomic E-state index is 11.4. The molecule has 0 aliphatic carbocycles. The number of rotatable bonds is 5. The van der Waals surface area contributed by atoms with Crippen molar-refractivity contribution in [2.75, 3.05) is 12.4 Å². The van der Waals surface area contributed by atoms with E-state index in [2.05, 4.69) is 15.3 Å². The molecule has 0 radical (unpaired) electrons. The molecule has 4 N–H and O–H groups in total. The van der Waals surface area contributed by atoms with Gasteiger partial charge in [-0.3, -0.25) is 0 Å². The van der Waals surface area contributed by atoms with E-state index in [1.54, 1.807) is 12.4 Å². The molecule has 0 saturated heterocycles. The second kappa shape index (κ2) is 5.51. The summed E-state index contributed by atoms with van der Waals surface area (Å²) in [4.78, 5) is 7.15. The minimum absolute atomic E-state index is 0.0274. The Bertz CT molecular complexity index is 709. The molecule has 2 rings (SSSR count). The summed E-state index contributed by atoms with van der Waals surface area (Å²) in [5.41, 5.74) is 2.33. The van der Waals surface area contributed by atoms with Crippen LogP contribution >= 0.6 is 0 Å². The Morgan fingerprint density at radius 2 is 2.20 bits per heavy atom. The average Bonchev–Trinajstić information content (AvgIpc) is 2.80. The summed E-state index contributed by atoms with van der Waals surface area (Å²) in [5.74, 6) is 0.533. The van der Waals surface area contributed by atoms with Gasteiger partial charge in [-0.25, -0.2) is 18.5 Å². The van der Waals surface area contributed by atoms with Gasteiger partial charge < -0.3 is 15.0 Å². The van der Waals surface area contributed by atoms with Gasteiger partial charge in [0.2, 0.25) is 10.0 Å². The van der Waals surface area contributed by atoms with Crippen LogP contribution in [0.2, 0.25) is 0 Å². The molecule has 7 nitrogen and oxygen atoms in total. The third-order valence-electron chi connectivity index (χ3n) is 2.88. The van der Waals surface area contributed by atoms with Crippen molar-refractivity contribution in [2.45, 2.75) is 18.4 Å². The first-order valence-electron chi connectivity index (χ1n) is 5.85. The lowest BCUT2D eigenvalue weighted by Gasteiger charge is -2.12. The van der Waals surface area contributed by atoms with Crippen LogP contribution < -0.4 is 15.2 Å². The van der Waals surface area contributed by atoms with Crippen molar-refractivity contribution < 1.29 is 13.2 Å². The number of nitrogens with zero attached hydrogens (tertiary/aromatic N) is 1. The van der Waals surface area contributed by atoms with E-state index in [0.29, 0.717) is 18.0 Å². The highest BCUT2D eigenvalue weighted by atomic mass is 32.2. The lowest BCUT2D eigenvalue weighted by atomic mass is 10.2. The van der Waals surface area contributed by atoms with E-state index in [1.165, 1.54) is 19.2 Å². The van der Waals surface area contributed by atoms with Gasteiger partial charge in [0.05, 0.1) is 36.3 Å². The average molecular weight is 296 g/mol. The zero-order chi connectivity index (χ0) is 14.8. The first-order valence-corrected chi connectivity index (χ1v) is 7.40. The second-order valence-electron chi connectivity index (χ2n) is 4.23. The quantitative estimate of drug-likeness (QED) is 0.762. The van der Waals surface area contributed by atoms with Gasteiger partial charge in [0.1, 0.15) is 5.75 Å². The van der Waals surface area contributed by atoms with Crippen LogP contribution in [0.15, 0.2) is 29.4 Å². The SMILES string of the molecule is COc1ccc(S(N)(=O)=O)cc1NCc1nc[nH]c1C. The molecule has 8 heteroatoms. The largest absolute Gasteiger partial charge is 0.495 e. The van der Waals surface area contributed by atoms with Crippen molar-refractivity contribution in [3.8, 4) is 5.75 Å². The van der Waals surface area contributed by atoms with Crippen LogP contribution in [-0.2, 0) is 16.6 Å². The lowest BCUT2D eigenvalue weighted by molar-refractivity contribution is 0.416. The van der Waals surface area contributed by atoms with Crippen molar-refractivity contribution in [3.63, 3.8) is 0 Å². The number of imidazole rings is 1. The monoisotopic (exact) mass is 296 g/mol. The molecule has 2 aromatic rings. The van der Waals surface area contributed by atoms with E-state index in [9.17, 15) is 8.42 Å². The number of benzene rings is 1.